The third kappa shape index (κ3) is 2.77. The zero-order valence-electron chi connectivity index (χ0n) is 12.0. The SMILES string of the molecule is Cc1cnc2c(c1)nc(N)n2CCOC1CCCCC1. The lowest BCUT2D eigenvalue weighted by molar-refractivity contribution is 0.0246. The van der Waals surface area contributed by atoms with Crippen molar-refractivity contribution in [2.75, 3.05) is 12.3 Å². The van der Waals surface area contributed by atoms with Gasteiger partial charge in [0.25, 0.3) is 0 Å². The fourth-order valence-corrected chi connectivity index (χ4v) is 2.89. The summed E-state index contributed by atoms with van der Waals surface area (Å²) in [6, 6.07) is 2.01. The molecule has 2 aromatic rings. The Bertz CT molecular complexity index is 587. The molecule has 0 aromatic carbocycles. The smallest absolute Gasteiger partial charge is 0.202 e. The van der Waals surface area contributed by atoms with Gasteiger partial charge in [0, 0.05) is 6.20 Å². The predicted molar refractivity (Wildman–Crippen MR) is 79.5 cm³/mol. The van der Waals surface area contributed by atoms with Gasteiger partial charge in [-0.15, -0.1) is 0 Å². The molecule has 108 valence electrons. The highest BCUT2D eigenvalue weighted by Crippen LogP contribution is 2.21. The van der Waals surface area contributed by atoms with E-state index in [1.807, 2.05) is 23.8 Å². The summed E-state index contributed by atoms with van der Waals surface area (Å²) in [5, 5.41) is 0. The molecule has 1 aliphatic carbocycles. The zero-order valence-corrected chi connectivity index (χ0v) is 12.0. The Morgan fingerprint density at radius 3 is 2.95 bits per heavy atom. The molecule has 0 unspecified atom stereocenters. The van der Waals surface area contributed by atoms with Crippen LogP contribution in [0, 0.1) is 6.92 Å². The van der Waals surface area contributed by atoms with Crippen molar-refractivity contribution in [2.45, 2.75) is 51.7 Å². The molecule has 0 atom stereocenters. The second-order valence-electron chi connectivity index (χ2n) is 5.61. The number of pyridine rings is 1. The molecule has 20 heavy (non-hydrogen) atoms. The van der Waals surface area contributed by atoms with E-state index in [4.69, 9.17) is 10.5 Å². The molecule has 0 saturated heterocycles. The molecule has 1 saturated carbocycles. The van der Waals surface area contributed by atoms with E-state index in [0.29, 0.717) is 18.7 Å². The lowest BCUT2D eigenvalue weighted by Crippen LogP contribution is -2.19. The first-order valence-corrected chi connectivity index (χ1v) is 7.44. The van der Waals surface area contributed by atoms with Crippen molar-refractivity contribution in [3.63, 3.8) is 0 Å². The Kier molecular flexibility index (Phi) is 3.87. The molecule has 0 aliphatic heterocycles. The van der Waals surface area contributed by atoms with Crippen LogP contribution in [0.4, 0.5) is 5.95 Å². The minimum Gasteiger partial charge on any atom is -0.376 e. The van der Waals surface area contributed by atoms with Gasteiger partial charge in [-0.2, -0.15) is 0 Å². The van der Waals surface area contributed by atoms with Crippen LogP contribution in [0.1, 0.15) is 37.7 Å². The van der Waals surface area contributed by atoms with Crippen LogP contribution in [0.3, 0.4) is 0 Å². The Labute approximate surface area is 119 Å². The van der Waals surface area contributed by atoms with E-state index in [9.17, 15) is 0 Å². The van der Waals surface area contributed by atoms with Crippen LogP contribution in [-0.4, -0.2) is 27.2 Å². The number of hydrogen-bond acceptors (Lipinski definition) is 4. The third-order valence-electron chi connectivity index (χ3n) is 3.97. The van der Waals surface area contributed by atoms with Gasteiger partial charge in [0.15, 0.2) is 5.65 Å². The lowest BCUT2D eigenvalue weighted by Gasteiger charge is -2.22. The summed E-state index contributed by atoms with van der Waals surface area (Å²) < 4.78 is 7.89. The quantitative estimate of drug-likeness (QED) is 0.930. The maximum atomic E-state index is 5.98. The highest BCUT2D eigenvalue weighted by atomic mass is 16.5. The average molecular weight is 274 g/mol. The number of anilines is 1. The van der Waals surface area contributed by atoms with Crippen molar-refractivity contribution < 1.29 is 4.74 Å². The summed E-state index contributed by atoms with van der Waals surface area (Å²) >= 11 is 0. The minimum atomic E-state index is 0.426. The summed E-state index contributed by atoms with van der Waals surface area (Å²) in [5.41, 5.74) is 8.79. The van der Waals surface area contributed by atoms with Gasteiger partial charge < -0.3 is 10.5 Å². The first-order chi connectivity index (χ1) is 9.74. The number of aromatic nitrogens is 3. The van der Waals surface area contributed by atoms with E-state index in [1.165, 1.54) is 32.1 Å². The number of ether oxygens (including phenoxy) is 1. The van der Waals surface area contributed by atoms with Crippen LogP contribution in [0.2, 0.25) is 0 Å². The van der Waals surface area contributed by atoms with Gasteiger partial charge in [0.2, 0.25) is 5.95 Å². The molecule has 1 aliphatic rings. The largest absolute Gasteiger partial charge is 0.376 e. The van der Waals surface area contributed by atoms with Gasteiger partial charge in [0.05, 0.1) is 19.3 Å². The number of rotatable bonds is 4. The van der Waals surface area contributed by atoms with Gasteiger partial charge in [-0.05, 0) is 31.4 Å². The Balaban J connectivity index is 1.66. The van der Waals surface area contributed by atoms with Gasteiger partial charge in [-0.3, -0.25) is 4.57 Å². The first-order valence-electron chi connectivity index (χ1n) is 7.44. The van der Waals surface area contributed by atoms with Crippen molar-refractivity contribution in [3.05, 3.63) is 17.8 Å². The van der Waals surface area contributed by atoms with Crippen LogP contribution in [-0.2, 0) is 11.3 Å². The second-order valence-corrected chi connectivity index (χ2v) is 5.61. The molecule has 5 nitrogen and oxygen atoms in total. The van der Waals surface area contributed by atoms with E-state index in [1.54, 1.807) is 0 Å². The fraction of sp³-hybridized carbons (Fsp3) is 0.600. The summed E-state index contributed by atoms with van der Waals surface area (Å²) in [7, 11) is 0. The zero-order chi connectivity index (χ0) is 13.9. The lowest BCUT2D eigenvalue weighted by atomic mass is 9.98. The molecule has 3 rings (SSSR count). The first kappa shape index (κ1) is 13.4. The maximum absolute atomic E-state index is 5.98. The molecule has 0 spiro atoms. The number of nitrogen functional groups attached to an aromatic ring is 1. The topological polar surface area (TPSA) is 66.0 Å². The van der Waals surface area contributed by atoms with E-state index < -0.39 is 0 Å². The summed E-state index contributed by atoms with van der Waals surface area (Å²) in [5.74, 6) is 0.519. The summed E-state index contributed by atoms with van der Waals surface area (Å²) in [6.07, 6.45) is 8.60. The molecular weight excluding hydrogens is 252 g/mol. The molecule has 5 heteroatoms. The summed E-state index contributed by atoms with van der Waals surface area (Å²) in [6.45, 7) is 3.40. The highest BCUT2D eigenvalue weighted by molar-refractivity contribution is 5.74. The number of nitrogens with zero attached hydrogens (tertiary/aromatic N) is 3. The van der Waals surface area contributed by atoms with Gasteiger partial charge in [-0.25, -0.2) is 9.97 Å². The monoisotopic (exact) mass is 274 g/mol. The number of imidazole rings is 1. The highest BCUT2D eigenvalue weighted by Gasteiger charge is 2.14. The summed E-state index contributed by atoms with van der Waals surface area (Å²) in [4.78, 5) is 8.79. The second kappa shape index (κ2) is 5.79. The minimum absolute atomic E-state index is 0.426. The van der Waals surface area contributed by atoms with E-state index >= 15 is 0 Å². The maximum Gasteiger partial charge on any atom is 0.202 e. The number of hydrogen-bond donors (Lipinski definition) is 1. The van der Waals surface area contributed by atoms with Crippen LogP contribution < -0.4 is 5.73 Å². The molecule has 1 fully saturated rings. The van der Waals surface area contributed by atoms with E-state index in [-0.39, 0.29) is 0 Å². The fourth-order valence-electron chi connectivity index (χ4n) is 2.89. The van der Waals surface area contributed by atoms with Crippen molar-refractivity contribution in [1.29, 1.82) is 0 Å². The molecule has 2 heterocycles. The van der Waals surface area contributed by atoms with Crippen LogP contribution in [0.25, 0.3) is 11.2 Å². The van der Waals surface area contributed by atoms with Gasteiger partial charge in [0.1, 0.15) is 5.52 Å². The predicted octanol–water partition coefficient (Wildman–Crippen LogP) is 2.67. The standard InChI is InChI=1S/C15H22N4O/c1-11-9-13-14(17-10-11)19(15(16)18-13)7-8-20-12-5-3-2-4-6-12/h9-10,12H,2-8H2,1H3,(H2,16,18). The average Bonchev–Trinajstić information content (AvgIpc) is 2.75. The Hall–Kier alpha value is -1.62. The third-order valence-corrected chi connectivity index (χ3v) is 3.97. The van der Waals surface area contributed by atoms with Gasteiger partial charge in [-0.1, -0.05) is 19.3 Å². The number of fused-ring (bicyclic) bond motifs is 1. The Morgan fingerprint density at radius 1 is 1.35 bits per heavy atom. The number of nitrogens with two attached hydrogens (primary N) is 1. The van der Waals surface area contributed by atoms with Crippen LogP contribution in [0.5, 0.6) is 0 Å². The Morgan fingerprint density at radius 2 is 2.15 bits per heavy atom. The molecule has 2 N–H and O–H groups in total. The normalized spacial score (nSPS) is 16.9. The molecule has 2 aromatic heterocycles. The van der Waals surface area contributed by atoms with Crippen molar-refractivity contribution in [1.82, 2.24) is 14.5 Å². The van der Waals surface area contributed by atoms with Crippen molar-refractivity contribution in [2.24, 2.45) is 0 Å². The van der Waals surface area contributed by atoms with Gasteiger partial charge >= 0.3 is 0 Å². The molecule has 0 radical (unpaired) electrons. The van der Waals surface area contributed by atoms with Crippen molar-refractivity contribution in [3.8, 4) is 0 Å². The van der Waals surface area contributed by atoms with Crippen LogP contribution >= 0.6 is 0 Å². The molecule has 0 bridgehead atoms. The molecular formula is C15H22N4O. The van der Waals surface area contributed by atoms with E-state index in [0.717, 1.165) is 23.3 Å². The van der Waals surface area contributed by atoms with Crippen LogP contribution in [0.15, 0.2) is 12.3 Å². The van der Waals surface area contributed by atoms with E-state index in [2.05, 4.69) is 9.97 Å². The number of aryl methyl sites for hydroxylation is 1. The van der Waals surface area contributed by atoms with Crippen molar-refractivity contribution >= 4 is 17.1 Å². The molecule has 0 amide bonds.